The SMILES string of the molecule is c1ccc(CC2CCN(c3ncnc4c(-c5ccccc5)nsc34)CC2)cc1. The van der Waals surface area contributed by atoms with Crippen molar-refractivity contribution in [3.8, 4) is 11.3 Å². The Morgan fingerprint density at radius 3 is 2.36 bits per heavy atom. The molecule has 1 aliphatic rings. The molecule has 0 aliphatic carbocycles. The number of hydrogen-bond acceptors (Lipinski definition) is 5. The van der Waals surface area contributed by atoms with E-state index < -0.39 is 0 Å². The van der Waals surface area contributed by atoms with E-state index in [1.54, 1.807) is 6.33 Å². The van der Waals surface area contributed by atoms with Crippen LogP contribution in [0, 0.1) is 5.92 Å². The lowest BCUT2D eigenvalue weighted by Crippen LogP contribution is -2.34. The number of aromatic nitrogens is 3. The van der Waals surface area contributed by atoms with Crippen molar-refractivity contribution < 1.29 is 0 Å². The second-order valence-corrected chi connectivity index (χ2v) is 8.17. The summed E-state index contributed by atoms with van der Waals surface area (Å²) in [5.74, 6) is 1.79. The molecule has 3 heterocycles. The largest absolute Gasteiger partial charge is 0.355 e. The van der Waals surface area contributed by atoms with Gasteiger partial charge in [-0.1, -0.05) is 60.7 Å². The molecule has 0 N–H and O–H groups in total. The number of piperidine rings is 1. The number of anilines is 1. The Morgan fingerprint density at radius 1 is 0.893 bits per heavy atom. The van der Waals surface area contributed by atoms with Crippen LogP contribution in [-0.2, 0) is 6.42 Å². The van der Waals surface area contributed by atoms with Crippen LogP contribution in [0.25, 0.3) is 21.5 Å². The van der Waals surface area contributed by atoms with Gasteiger partial charge in [0.15, 0.2) is 5.82 Å². The van der Waals surface area contributed by atoms with Gasteiger partial charge in [-0.15, -0.1) is 0 Å². The van der Waals surface area contributed by atoms with E-state index in [9.17, 15) is 0 Å². The van der Waals surface area contributed by atoms with Gasteiger partial charge in [0.2, 0.25) is 0 Å². The van der Waals surface area contributed by atoms with Crippen molar-refractivity contribution in [3.63, 3.8) is 0 Å². The molecule has 0 radical (unpaired) electrons. The summed E-state index contributed by atoms with van der Waals surface area (Å²) < 4.78 is 5.80. The van der Waals surface area contributed by atoms with Gasteiger partial charge in [-0.2, -0.15) is 4.37 Å². The molecule has 0 unspecified atom stereocenters. The lowest BCUT2D eigenvalue weighted by atomic mass is 9.90. The van der Waals surface area contributed by atoms with Crippen molar-refractivity contribution in [1.29, 1.82) is 0 Å². The minimum absolute atomic E-state index is 0.748. The Kier molecular flexibility index (Phi) is 4.75. The third kappa shape index (κ3) is 3.38. The van der Waals surface area contributed by atoms with Crippen molar-refractivity contribution in [2.24, 2.45) is 5.92 Å². The van der Waals surface area contributed by atoms with Gasteiger partial charge in [0.05, 0.1) is 0 Å². The second kappa shape index (κ2) is 7.68. The third-order valence-corrected chi connectivity index (χ3v) is 6.40. The molecule has 0 atom stereocenters. The molecular weight excluding hydrogens is 364 g/mol. The lowest BCUT2D eigenvalue weighted by molar-refractivity contribution is 0.403. The molecule has 5 rings (SSSR count). The van der Waals surface area contributed by atoms with E-state index >= 15 is 0 Å². The summed E-state index contributed by atoms with van der Waals surface area (Å²) >= 11 is 1.52. The van der Waals surface area contributed by atoms with Crippen molar-refractivity contribution in [2.45, 2.75) is 19.3 Å². The van der Waals surface area contributed by atoms with Crippen molar-refractivity contribution >= 4 is 27.6 Å². The Bertz CT molecular complexity index is 1050. The average molecular weight is 387 g/mol. The van der Waals surface area contributed by atoms with Crippen LogP contribution >= 0.6 is 11.5 Å². The van der Waals surface area contributed by atoms with Gasteiger partial charge in [0.1, 0.15) is 22.2 Å². The summed E-state index contributed by atoms with van der Waals surface area (Å²) in [5, 5.41) is 0. The van der Waals surface area contributed by atoms with Crippen molar-refractivity contribution in [2.75, 3.05) is 18.0 Å². The number of rotatable bonds is 4. The first-order chi connectivity index (χ1) is 13.9. The highest BCUT2D eigenvalue weighted by atomic mass is 32.1. The van der Waals surface area contributed by atoms with Crippen LogP contribution in [0.2, 0.25) is 0 Å². The van der Waals surface area contributed by atoms with Crippen LogP contribution in [0.15, 0.2) is 67.0 Å². The molecule has 2 aromatic carbocycles. The highest BCUT2D eigenvalue weighted by molar-refractivity contribution is 7.14. The zero-order valence-electron chi connectivity index (χ0n) is 15.7. The van der Waals surface area contributed by atoms with Crippen LogP contribution in [0.4, 0.5) is 5.82 Å². The highest BCUT2D eigenvalue weighted by Crippen LogP contribution is 2.35. The summed E-state index contributed by atoms with van der Waals surface area (Å²) in [6.07, 6.45) is 5.26. The minimum Gasteiger partial charge on any atom is -0.355 e. The van der Waals surface area contributed by atoms with E-state index in [1.165, 1.54) is 36.4 Å². The van der Waals surface area contributed by atoms with Gasteiger partial charge in [0.25, 0.3) is 0 Å². The first-order valence-corrected chi connectivity index (χ1v) is 10.6. The molecule has 2 aromatic heterocycles. The average Bonchev–Trinajstić information content (AvgIpc) is 3.20. The van der Waals surface area contributed by atoms with Gasteiger partial charge >= 0.3 is 0 Å². The summed E-state index contributed by atoms with van der Waals surface area (Å²) in [7, 11) is 0. The Morgan fingerprint density at radius 2 is 1.61 bits per heavy atom. The van der Waals surface area contributed by atoms with Gasteiger partial charge in [-0.25, -0.2) is 9.97 Å². The fourth-order valence-electron chi connectivity index (χ4n) is 4.06. The third-order valence-electron chi connectivity index (χ3n) is 5.57. The summed E-state index contributed by atoms with van der Waals surface area (Å²) in [5.41, 5.74) is 4.48. The van der Waals surface area contributed by atoms with Crippen LogP contribution in [0.1, 0.15) is 18.4 Å². The lowest BCUT2D eigenvalue weighted by Gasteiger charge is -2.33. The maximum Gasteiger partial charge on any atom is 0.151 e. The standard InChI is InChI=1S/C23H22N4S/c1-3-7-17(8-4-1)15-18-11-13-27(14-12-18)23-22-21(24-16-25-23)20(26-28-22)19-9-5-2-6-10-19/h1-10,16,18H,11-15H2. The quantitative estimate of drug-likeness (QED) is 0.483. The van der Waals surface area contributed by atoms with Crippen molar-refractivity contribution in [1.82, 2.24) is 14.3 Å². The van der Waals surface area contributed by atoms with Crippen molar-refractivity contribution in [3.05, 3.63) is 72.6 Å². The van der Waals surface area contributed by atoms with Gasteiger partial charge in [0, 0.05) is 18.7 Å². The van der Waals surface area contributed by atoms with Crippen LogP contribution in [0.5, 0.6) is 0 Å². The van der Waals surface area contributed by atoms with E-state index in [-0.39, 0.29) is 0 Å². The number of hydrogen-bond donors (Lipinski definition) is 0. The summed E-state index contributed by atoms with van der Waals surface area (Å²) in [6.45, 7) is 2.09. The molecule has 0 spiro atoms. The molecule has 5 heteroatoms. The molecule has 1 fully saturated rings. The Labute approximate surface area is 169 Å². The Hall–Kier alpha value is -2.79. The fourth-order valence-corrected chi connectivity index (χ4v) is 4.93. The minimum atomic E-state index is 0.748. The molecule has 0 saturated carbocycles. The smallest absolute Gasteiger partial charge is 0.151 e. The second-order valence-electron chi connectivity index (χ2n) is 7.39. The molecule has 140 valence electrons. The Balaban J connectivity index is 1.35. The summed E-state index contributed by atoms with van der Waals surface area (Å²) in [6, 6.07) is 21.1. The van der Waals surface area contributed by atoms with Crippen LogP contribution in [-0.4, -0.2) is 27.4 Å². The first kappa shape index (κ1) is 17.3. The summed E-state index contributed by atoms with van der Waals surface area (Å²) in [4.78, 5) is 11.6. The van der Waals surface area contributed by atoms with E-state index in [4.69, 9.17) is 4.37 Å². The highest BCUT2D eigenvalue weighted by Gasteiger charge is 2.23. The van der Waals surface area contributed by atoms with Gasteiger partial charge in [-0.05, 0) is 42.3 Å². The maximum atomic E-state index is 4.70. The van der Waals surface area contributed by atoms with Crippen LogP contribution in [0.3, 0.4) is 0 Å². The predicted molar refractivity (Wildman–Crippen MR) is 116 cm³/mol. The molecule has 4 aromatic rings. The predicted octanol–water partition coefficient (Wildman–Crippen LogP) is 5.21. The number of fused-ring (bicyclic) bond motifs is 1. The van der Waals surface area contributed by atoms with E-state index in [0.29, 0.717) is 0 Å². The maximum absolute atomic E-state index is 4.70. The normalized spacial score (nSPS) is 15.2. The molecular formula is C23H22N4S. The molecule has 1 aliphatic heterocycles. The van der Waals surface area contributed by atoms with Gasteiger partial charge in [-0.3, -0.25) is 0 Å². The monoisotopic (exact) mass is 386 g/mol. The molecule has 1 saturated heterocycles. The zero-order valence-corrected chi connectivity index (χ0v) is 16.5. The van der Waals surface area contributed by atoms with E-state index in [1.807, 2.05) is 18.2 Å². The van der Waals surface area contributed by atoms with Crippen LogP contribution < -0.4 is 4.90 Å². The molecule has 4 nitrogen and oxygen atoms in total. The number of nitrogens with zero attached hydrogens (tertiary/aromatic N) is 4. The fraction of sp³-hybridized carbons (Fsp3) is 0.261. The number of benzene rings is 2. The first-order valence-electron chi connectivity index (χ1n) is 9.83. The zero-order chi connectivity index (χ0) is 18.8. The molecule has 28 heavy (non-hydrogen) atoms. The molecule has 0 amide bonds. The topological polar surface area (TPSA) is 41.9 Å². The van der Waals surface area contributed by atoms with E-state index in [0.717, 1.165) is 46.3 Å². The van der Waals surface area contributed by atoms with Gasteiger partial charge < -0.3 is 4.90 Å². The molecule has 0 bridgehead atoms. The van der Waals surface area contributed by atoms with E-state index in [2.05, 4.69) is 57.3 Å².